The molecule has 2 aromatic rings. The molecule has 0 spiro atoms. The van der Waals surface area contributed by atoms with E-state index in [4.69, 9.17) is 9.72 Å². The number of hydrogen-bond acceptors (Lipinski definition) is 5. The SMILES string of the molecule is CCCC(CC)N1CCN(C(=O)c2nc3c(NCCOC)cc(C4CC4)cc3n2C)CC1=O. The van der Waals surface area contributed by atoms with Crippen molar-refractivity contribution in [3.8, 4) is 0 Å². The van der Waals surface area contributed by atoms with Crippen LogP contribution in [-0.2, 0) is 16.6 Å². The molecule has 2 amide bonds. The van der Waals surface area contributed by atoms with E-state index in [9.17, 15) is 9.59 Å². The fourth-order valence-electron chi connectivity index (χ4n) is 4.88. The second kappa shape index (κ2) is 10.1. The summed E-state index contributed by atoms with van der Waals surface area (Å²) in [6.07, 6.45) is 5.41. The van der Waals surface area contributed by atoms with Gasteiger partial charge in [-0.3, -0.25) is 9.59 Å². The molecule has 0 bridgehead atoms. The molecule has 8 nitrogen and oxygen atoms in total. The maximum absolute atomic E-state index is 13.4. The smallest absolute Gasteiger partial charge is 0.290 e. The number of nitrogens with one attached hydrogen (secondary N) is 1. The Labute approximate surface area is 196 Å². The molecular formula is C25H37N5O3. The molecule has 1 aromatic heterocycles. The van der Waals surface area contributed by atoms with E-state index in [-0.39, 0.29) is 24.4 Å². The summed E-state index contributed by atoms with van der Waals surface area (Å²) in [5, 5.41) is 3.43. The molecule has 1 aliphatic carbocycles. The number of nitrogens with zero attached hydrogens (tertiary/aromatic N) is 4. The van der Waals surface area contributed by atoms with Gasteiger partial charge in [-0.15, -0.1) is 0 Å². The third kappa shape index (κ3) is 4.86. The summed E-state index contributed by atoms with van der Waals surface area (Å²) in [6.45, 7) is 6.78. The first-order chi connectivity index (χ1) is 16.0. The second-order valence-corrected chi connectivity index (χ2v) is 9.29. The van der Waals surface area contributed by atoms with Crippen LogP contribution < -0.4 is 5.32 Å². The predicted octanol–water partition coefficient (Wildman–Crippen LogP) is 3.37. The summed E-state index contributed by atoms with van der Waals surface area (Å²) in [5.41, 5.74) is 3.96. The van der Waals surface area contributed by atoms with Gasteiger partial charge < -0.3 is 24.4 Å². The highest BCUT2D eigenvalue weighted by Crippen LogP contribution is 2.42. The number of benzene rings is 1. The zero-order chi connectivity index (χ0) is 23.5. The summed E-state index contributed by atoms with van der Waals surface area (Å²) in [4.78, 5) is 34.7. The Balaban J connectivity index is 1.58. The van der Waals surface area contributed by atoms with Crippen LogP contribution in [0.3, 0.4) is 0 Å². The number of carbonyl (C=O) groups excluding carboxylic acids is 2. The molecule has 4 rings (SSSR count). The van der Waals surface area contributed by atoms with Crippen molar-refractivity contribution in [1.82, 2.24) is 19.4 Å². The van der Waals surface area contributed by atoms with E-state index in [1.807, 2.05) is 16.5 Å². The summed E-state index contributed by atoms with van der Waals surface area (Å²) in [5.74, 6) is 0.828. The van der Waals surface area contributed by atoms with E-state index in [1.165, 1.54) is 18.4 Å². The molecule has 0 radical (unpaired) electrons. The van der Waals surface area contributed by atoms with E-state index < -0.39 is 0 Å². The van der Waals surface area contributed by atoms with Gasteiger partial charge in [-0.25, -0.2) is 4.98 Å². The van der Waals surface area contributed by atoms with Crippen molar-refractivity contribution in [2.24, 2.45) is 7.05 Å². The molecular weight excluding hydrogens is 418 g/mol. The third-order valence-corrected chi connectivity index (χ3v) is 6.95. The highest BCUT2D eigenvalue weighted by Gasteiger charge is 2.33. The first-order valence-electron chi connectivity index (χ1n) is 12.3. The molecule has 1 N–H and O–H groups in total. The zero-order valence-corrected chi connectivity index (χ0v) is 20.4. The monoisotopic (exact) mass is 455 g/mol. The number of aryl methyl sites for hydroxylation is 1. The van der Waals surface area contributed by atoms with E-state index in [0.717, 1.165) is 36.0 Å². The number of hydrogen-bond donors (Lipinski definition) is 1. The van der Waals surface area contributed by atoms with Crippen LogP contribution in [0.1, 0.15) is 68.1 Å². The first-order valence-corrected chi connectivity index (χ1v) is 12.3. The molecule has 2 fully saturated rings. The van der Waals surface area contributed by atoms with E-state index in [0.29, 0.717) is 38.0 Å². The predicted molar refractivity (Wildman–Crippen MR) is 130 cm³/mol. The zero-order valence-electron chi connectivity index (χ0n) is 20.4. The van der Waals surface area contributed by atoms with Crippen molar-refractivity contribution < 1.29 is 14.3 Å². The number of fused-ring (bicyclic) bond motifs is 1. The van der Waals surface area contributed by atoms with Gasteiger partial charge in [0.15, 0.2) is 5.82 Å². The maximum atomic E-state index is 13.4. The van der Waals surface area contributed by atoms with E-state index in [2.05, 4.69) is 31.3 Å². The van der Waals surface area contributed by atoms with Crippen molar-refractivity contribution in [3.05, 3.63) is 23.5 Å². The number of methoxy groups -OCH3 is 1. The van der Waals surface area contributed by atoms with Gasteiger partial charge in [0.25, 0.3) is 5.91 Å². The molecule has 1 aromatic carbocycles. The third-order valence-electron chi connectivity index (χ3n) is 6.95. The van der Waals surface area contributed by atoms with Gasteiger partial charge in [-0.1, -0.05) is 20.3 Å². The van der Waals surface area contributed by atoms with Gasteiger partial charge in [0, 0.05) is 39.8 Å². The lowest BCUT2D eigenvalue weighted by atomic mass is 10.1. The molecule has 2 aliphatic rings. The number of ether oxygens (including phenoxy) is 1. The molecule has 1 saturated heterocycles. The van der Waals surface area contributed by atoms with Gasteiger partial charge in [0.2, 0.25) is 5.91 Å². The van der Waals surface area contributed by atoms with Crippen molar-refractivity contribution in [2.45, 2.75) is 57.9 Å². The highest BCUT2D eigenvalue weighted by atomic mass is 16.5. The molecule has 2 heterocycles. The molecule has 1 aliphatic heterocycles. The largest absolute Gasteiger partial charge is 0.383 e. The van der Waals surface area contributed by atoms with Gasteiger partial charge in [-0.2, -0.15) is 0 Å². The summed E-state index contributed by atoms with van der Waals surface area (Å²) < 4.78 is 7.07. The summed E-state index contributed by atoms with van der Waals surface area (Å²) >= 11 is 0. The Morgan fingerprint density at radius 3 is 2.70 bits per heavy atom. The van der Waals surface area contributed by atoms with Crippen molar-refractivity contribution in [3.63, 3.8) is 0 Å². The lowest BCUT2D eigenvalue weighted by Crippen LogP contribution is -2.55. The van der Waals surface area contributed by atoms with E-state index in [1.54, 1.807) is 12.0 Å². The Hall–Kier alpha value is -2.61. The fraction of sp³-hybridized carbons (Fsp3) is 0.640. The van der Waals surface area contributed by atoms with Crippen LogP contribution in [0.25, 0.3) is 11.0 Å². The number of carbonyl (C=O) groups is 2. The molecule has 180 valence electrons. The maximum Gasteiger partial charge on any atom is 0.290 e. The molecule has 8 heteroatoms. The molecule has 1 unspecified atom stereocenters. The lowest BCUT2D eigenvalue weighted by molar-refractivity contribution is -0.137. The van der Waals surface area contributed by atoms with Crippen LogP contribution in [0.15, 0.2) is 12.1 Å². The number of anilines is 1. The van der Waals surface area contributed by atoms with E-state index >= 15 is 0 Å². The standard InChI is InChI=1S/C25H37N5O3/c1-5-7-19(6-2)30-12-11-29(16-22(30)31)25(32)24-27-23-20(26-10-13-33-4)14-18(17-8-9-17)15-21(23)28(24)3/h14-15,17,19,26H,5-13,16H2,1-4H3. The Kier molecular flexibility index (Phi) is 7.22. The highest BCUT2D eigenvalue weighted by molar-refractivity contribution is 6.00. The van der Waals surface area contributed by atoms with Crippen LogP contribution in [0.4, 0.5) is 5.69 Å². The van der Waals surface area contributed by atoms with Crippen LogP contribution >= 0.6 is 0 Å². The first kappa shape index (κ1) is 23.5. The summed E-state index contributed by atoms with van der Waals surface area (Å²) in [7, 11) is 3.58. The van der Waals surface area contributed by atoms with Crippen LogP contribution in [-0.4, -0.2) is 77.1 Å². The molecule has 1 saturated carbocycles. The Morgan fingerprint density at radius 2 is 2.06 bits per heavy atom. The minimum absolute atomic E-state index is 0.0339. The number of aromatic nitrogens is 2. The van der Waals surface area contributed by atoms with Gasteiger partial charge in [0.1, 0.15) is 12.1 Å². The fourth-order valence-corrected chi connectivity index (χ4v) is 4.88. The number of piperazine rings is 1. The number of amides is 2. The quantitative estimate of drug-likeness (QED) is 0.556. The average Bonchev–Trinajstić information content (AvgIpc) is 3.61. The Morgan fingerprint density at radius 1 is 1.27 bits per heavy atom. The van der Waals surface area contributed by atoms with Crippen LogP contribution in [0.5, 0.6) is 0 Å². The lowest BCUT2D eigenvalue weighted by Gasteiger charge is -2.38. The van der Waals surface area contributed by atoms with Crippen molar-refractivity contribution >= 4 is 28.5 Å². The molecule has 33 heavy (non-hydrogen) atoms. The van der Waals surface area contributed by atoms with Gasteiger partial charge in [0.05, 0.1) is 17.8 Å². The summed E-state index contributed by atoms with van der Waals surface area (Å²) in [6, 6.07) is 4.59. The average molecular weight is 456 g/mol. The number of rotatable bonds is 10. The van der Waals surface area contributed by atoms with Crippen LogP contribution in [0, 0.1) is 0 Å². The minimum Gasteiger partial charge on any atom is -0.383 e. The number of imidazole rings is 1. The van der Waals surface area contributed by atoms with Gasteiger partial charge >= 0.3 is 0 Å². The topological polar surface area (TPSA) is 79.7 Å². The van der Waals surface area contributed by atoms with Crippen molar-refractivity contribution in [1.29, 1.82) is 0 Å². The van der Waals surface area contributed by atoms with Crippen LogP contribution in [0.2, 0.25) is 0 Å². The molecule has 1 atom stereocenters. The van der Waals surface area contributed by atoms with Gasteiger partial charge in [-0.05, 0) is 49.3 Å². The second-order valence-electron chi connectivity index (χ2n) is 9.29. The van der Waals surface area contributed by atoms with Crippen molar-refractivity contribution in [2.75, 3.05) is 45.2 Å². The minimum atomic E-state index is -0.180. The Bertz CT molecular complexity index is 1010. The normalized spacial score (nSPS) is 17.6.